The van der Waals surface area contributed by atoms with Gasteiger partial charge >= 0.3 is 0 Å². The van der Waals surface area contributed by atoms with E-state index in [0.717, 1.165) is 19.0 Å². The van der Waals surface area contributed by atoms with Gasteiger partial charge < -0.3 is 11.1 Å². The number of rotatable bonds is 7. The molecule has 0 aromatic rings. The maximum Gasteiger partial charge on any atom is 0.234 e. The minimum atomic E-state index is -0.251. The number of nitrogens with two attached hydrogens (primary N) is 1. The Bertz CT molecular complexity index is 216. The predicted molar refractivity (Wildman–Crippen MR) is 61.5 cm³/mol. The van der Waals surface area contributed by atoms with Gasteiger partial charge in [-0.1, -0.05) is 6.92 Å². The highest BCUT2D eigenvalue weighted by molar-refractivity contribution is 5.79. The molecule has 0 radical (unpaired) electrons. The maximum atomic E-state index is 11.0. The quantitative estimate of drug-likeness (QED) is 0.640. The number of likely N-dealkylation sites (N-methyl/N-ethyl adjacent to an activating group) is 1. The number of carbonyl (C=O) groups excluding carboxylic acids is 1. The minimum absolute atomic E-state index is 0.181. The van der Waals surface area contributed by atoms with Crippen LogP contribution in [0.3, 0.4) is 0 Å². The average Bonchev–Trinajstić information content (AvgIpc) is 3.00. The van der Waals surface area contributed by atoms with E-state index in [9.17, 15) is 4.79 Å². The van der Waals surface area contributed by atoms with Gasteiger partial charge in [0, 0.05) is 18.6 Å². The first-order valence-corrected chi connectivity index (χ1v) is 5.80. The van der Waals surface area contributed by atoms with Gasteiger partial charge in [-0.3, -0.25) is 9.69 Å². The van der Waals surface area contributed by atoms with Gasteiger partial charge in [-0.05, 0) is 33.2 Å². The fourth-order valence-electron chi connectivity index (χ4n) is 1.74. The lowest BCUT2D eigenvalue weighted by atomic mass is 10.2. The van der Waals surface area contributed by atoms with Crippen LogP contribution in [0.1, 0.15) is 33.1 Å². The molecule has 3 N–H and O–H groups in total. The van der Waals surface area contributed by atoms with Crippen LogP contribution in [-0.2, 0) is 4.79 Å². The van der Waals surface area contributed by atoms with Crippen molar-refractivity contribution in [2.24, 2.45) is 5.73 Å². The van der Waals surface area contributed by atoms with Crippen molar-refractivity contribution in [2.45, 2.75) is 51.2 Å². The summed E-state index contributed by atoms with van der Waals surface area (Å²) in [5.41, 5.74) is 5.27. The summed E-state index contributed by atoms with van der Waals surface area (Å²) in [5.74, 6) is -0.251. The van der Waals surface area contributed by atoms with Crippen molar-refractivity contribution in [3.05, 3.63) is 0 Å². The summed E-state index contributed by atoms with van der Waals surface area (Å²) in [4.78, 5) is 13.4. The maximum absolute atomic E-state index is 11.0. The lowest BCUT2D eigenvalue weighted by Crippen LogP contribution is -2.47. The van der Waals surface area contributed by atoms with Crippen molar-refractivity contribution in [2.75, 3.05) is 13.6 Å². The molecular formula is C11H23N3O. The van der Waals surface area contributed by atoms with E-state index in [2.05, 4.69) is 24.2 Å². The molecule has 0 saturated heterocycles. The fraction of sp³-hybridized carbons (Fsp3) is 0.909. The van der Waals surface area contributed by atoms with Gasteiger partial charge in [0.2, 0.25) is 5.91 Å². The summed E-state index contributed by atoms with van der Waals surface area (Å²) in [7, 11) is 2.15. The molecular weight excluding hydrogens is 190 g/mol. The Morgan fingerprint density at radius 3 is 2.60 bits per heavy atom. The SMILES string of the molecule is CCC(NCC(C)N(C)C1CC1)C(N)=O. The van der Waals surface area contributed by atoms with Crippen LogP contribution in [0.5, 0.6) is 0 Å². The van der Waals surface area contributed by atoms with Crippen molar-refractivity contribution in [1.29, 1.82) is 0 Å². The number of primary amides is 1. The van der Waals surface area contributed by atoms with Crippen molar-refractivity contribution >= 4 is 5.91 Å². The Kier molecular flexibility index (Phi) is 4.54. The molecule has 0 aromatic heterocycles. The summed E-state index contributed by atoms with van der Waals surface area (Å²) in [6.45, 7) is 4.98. The minimum Gasteiger partial charge on any atom is -0.368 e. The molecule has 4 nitrogen and oxygen atoms in total. The Labute approximate surface area is 92.2 Å². The second-order valence-corrected chi connectivity index (χ2v) is 4.52. The monoisotopic (exact) mass is 213 g/mol. The van der Waals surface area contributed by atoms with E-state index in [1.807, 2.05) is 6.92 Å². The number of hydrogen-bond acceptors (Lipinski definition) is 3. The van der Waals surface area contributed by atoms with E-state index < -0.39 is 0 Å². The normalized spacial score (nSPS) is 20.3. The smallest absolute Gasteiger partial charge is 0.234 e. The summed E-state index contributed by atoms with van der Waals surface area (Å²) < 4.78 is 0. The zero-order valence-electron chi connectivity index (χ0n) is 9.99. The largest absolute Gasteiger partial charge is 0.368 e. The van der Waals surface area contributed by atoms with Gasteiger partial charge in [-0.15, -0.1) is 0 Å². The van der Waals surface area contributed by atoms with Gasteiger partial charge in [0.15, 0.2) is 0 Å². The van der Waals surface area contributed by atoms with E-state index in [1.165, 1.54) is 12.8 Å². The Balaban J connectivity index is 2.24. The van der Waals surface area contributed by atoms with Crippen LogP contribution in [0.15, 0.2) is 0 Å². The molecule has 0 bridgehead atoms. The topological polar surface area (TPSA) is 58.4 Å². The lowest BCUT2D eigenvalue weighted by molar-refractivity contribution is -0.120. The first-order chi connectivity index (χ1) is 7.06. The molecule has 2 atom stereocenters. The van der Waals surface area contributed by atoms with Gasteiger partial charge in [-0.25, -0.2) is 0 Å². The lowest BCUT2D eigenvalue weighted by Gasteiger charge is -2.26. The third kappa shape index (κ3) is 3.80. The van der Waals surface area contributed by atoms with E-state index in [4.69, 9.17) is 5.73 Å². The van der Waals surface area contributed by atoms with Crippen LogP contribution in [0.4, 0.5) is 0 Å². The Morgan fingerprint density at radius 2 is 2.20 bits per heavy atom. The number of amides is 1. The highest BCUT2D eigenvalue weighted by Crippen LogP contribution is 2.26. The highest BCUT2D eigenvalue weighted by atomic mass is 16.1. The van der Waals surface area contributed by atoms with Crippen molar-refractivity contribution < 1.29 is 4.79 Å². The van der Waals surface area contributed by atoms with Gasteiger partial charge in [0.1, 0.15) is 0 Å². The molecule has 1 fully saturated rings. The molecule has 2 unspecified atom stereocenters. The summed E-state index contributed by atoms with van der Waals surface area (Å²) >= 11 is 0. The number of carbonyl (C=O) groups is 1. The molecule has 0 spiro atoms. The van der Waals surface area contributed by atoms with Crippen LogP contribution in [0.2, 0.25) is 0 Å². The standard InChI is InChI=1S/C11H23N3O/c1-4-10(11(12)15)13-7-8(2)14(3)9-5-6-9/h8-10,13H,4-7H2,1-3H3,(H2,12,15). The molecule has 0 aromatic carbocycles. The van der Waals surface area contributed by atoms with Crippen molar-refractivity contribution in [3.8, 4) is 0 Å². The zero-order valence-corrected chi connectivity index (χ0v) is 9.99. The molecule has 1 aliphatic rings. The average molecular weight is 213 g/mol. The second-order valence-electron chi connectivity index (χ2n) is 4.52. The molecule has 1 saturated carbocycles. The van der Waals surface area contributed by atoms with Crippen LogP contribution in [-0.4, -0.2) is 42.5 Å². The van der Waals surface area contributed by atoms with Crippen LogP contribution < -0.4 is 11.1 Å². The van der Waals surface area contributed by atoms with E-state index in [0.29, 0.717) is 6.04 Å². The Morgan fingerprint density at radius 1 is 1.60 bits per heavy atom. The van der Waals surface area contributed by atoms with Crippen molar-refractivity contribution in [3.63, 3.8) is 0 Å². The first kappa shape index (κ1) is 12.5. The summed E-state index contributed by atoms with van der Waals surface area (Å²) in [6.07, 6.45) is 3.39. The third-order valence-electron chi connectivity index (χ3n) is 3.23. The van der Waals surface area contributed by atoms with Crippen molar-refractivity contribution in [1.82, 2.24) is 10.2 Å². The fourth-order valence-corrected chi connectivity index (χ4v) is 1.74. The second kappa shape index (κ2) is 5.47. The zero-order chi connectivity index (χ0) is 11.4. The number of hydrogen-bond donors (Lipinski definition) is 2. The number of nitrogens with zero attached hydrogens (tertiary/aromatic N) is 1. The Hall–Kier alpha value is -0.610. The third-order valence-corrected chi connectivity index (χ3v) is 3.23. The highest BCUT2D eigenvalue weighted by Gasteiger charge is 2.29. The predicted octanol–water partition coefficient (Wildman–Crippen LogP) is 0.323. The van der Waals surface area contributed by atoms with Crippen LogP contribution in [0.25, 0.3) is 0 Å². The first-order valence-electron chi connectivity index (χ1n) is 5.80. The molecule has 4 heteroatoms. The van der Waals surface area contributed by atoms with E-state index >= 15 is 0 Å². The van der Waals surface area contributed by atoms with Gasteiger partial charge in [-0.2, -0.15) is 0 Å². The van der Waals surface area contributed by atoms with Crippen LogP contribution >= 0.6 is 0 Å². The molecule has 0 aliphatic heterocycles. The molecule has 1 amide bonds. The van der Waals surface area contributed by atoms with Gasteiger partial charge in [0.05, 0.1) is 6.04 Å². The van der Waals surface area contributed by atoms with Crippen LogP contribution in [0, 0.1) is 0 Å². The molecule has 1 aliphatic carbocycles. The molecule has 15 heavy (non-hydrogen) atoms. The molecule has 0 heterocycles. The van der Waals surface area contributed by atoms with Gasteiger partial charge in [0.25, 0.3) is 0 Å². The van der Waals surface area contributed by atoms with E-state index in [1.54, 1.807) is 0 Å². The van der Waals surface area contributed by atoms with E-state index in [-0.39, 0.29) is 11.9 Å². The molecule has 88 valence electrons. The molecule has 1 rings (SSSR count). The number of nitrogens with one attached hydrogen (secondary N) is 1. The summed E-state index contributed by atoms with van der Waals surface area (Å²) in [6, 6.07) is 1.04. The summed E-state index contributed by atoms with van der Waals surface area (Å²) in [5, 5.41) is 3.22.